The monoisotopic (exact) mass is 268 g/mol. The fourth-order valence-corrected chi connectivity index (χ4v) is 1.42. The van der Waals surface area contributed by atoms with Crippen molar-refractivity contribution in [1.82, 2.24) is 5.32 Å². The Morgan fingerprint density at radius 2 is 2.21 bits per heavy atom. The number of nitrogens with one attached hydrogen (secondary N) is 2. The number of rotatable bonds is 6. The van der Waals surface area contributed by atoms with Gasteiger partial charge in [-0.25, -0.2) is 9.18 Å². The molecule has 1 rings (SSSR count). The van der Waals surface area contributed by atoms with Gasteiger partial charge < -0.3 is 21.6 Å². The van der Waals surface area contributed by atoms with E-state index in [9.17, 15) is 9.18 Å². The molecular weight excluding hydrogens is 251 g/mol. The Morgan fingerprint density at radius 3 is 2.89 bits per heavy atom. The van der Waals surface area contributed by atoms with Gasteiger partial charge in [-0.3, -0.25) is 0 Å². The second kappa shape index (κ2) is 7.91. The van der Waals surface area contributed by atoms with Gasteiger partial charge in [-0.2, -0.15) is 0 Å². The number of hydrogen-bond acceptors (Lipinski definition) is 3. The minimum Gasteiger partial charge on any atom is -0.409 e. The molecule has 0 unspecified atom stereocenters. The molecule has 0 aliphatic heterocycles. The Bertz CT molecular complexity index is 451. The van der Waals surface area contributed by atoms with E-state index in [2.05, 4.69) is 15.8 Å². The number of anilines is 1. The molecule has 5 N–H and O–H groups in total. The molecule has 0 saturated heterocycles. The first-order valence-corrected chi connectivity index (χ1v) is 5.88. The number of nitrogens with zero attached hydrogens (tertiary/aromatic N) is 1. The van der Waals surface area contributed by atoms with Crippen LogP contribution in [-0.4, -0.2) is 23.6 Å². The molecule has 0 atom stereocenters. The average Bonchev–Trinajstić information content (AvgIpc) is 2.38. The van der Waals surface area contributed by atoms with Crippen molar-refractivity contribution in [2.45, 2.75) is 19.3 Å². The lowest BCUT2D eigenvalue weighted by Gasteiger charge is -2.07. The zero-order valence-corrected chi connectivity index (χ0v) is 10.4. The number of urea groups is 1. The zero-order chi connectivity index (χ0) is 14.1. The van der Waals surface area contributed by atoms with Gasteiger partial charge in [-0.15, -0.1) is 0 Å². The Morgan fingerprint density at radius 1 is 1.42 bits per heavy atom. The van der Waals surface area contributed by atoms with Gasteiger partial charge in [0.25, 0.3) is 0 Å². The first-order chi connectivity index (χ1) is 9.11. The first-order valence-electron chi connectivity index (χ1n) is 5.88. The van der Waals surface area contributed by atoms with E-state index in [1.807, 2.05) is 0 Å². The lowest BCUT2D eigenvalue weighted by Crippen LogP contribution is -2.29. The van der Waals surface area contributed by atoms with Crippen LogP contribution in [0.1, 0.15) is 19.3 Å². The van der Waals surface area contributed by atoms with E-state index in [4.69, 9.17) is 10.9 Å². The van der Waals surface area contributed by atoms with E-state index in [0.717, 1.165) is 0 Å². The summed E-state index contributed by atoms with van der Waals surface area (Å²) in [5.41, 5.74) is 5.69. The van der Waals surface area contributed by atoms with Crippen molar-refractivity contribution in [3.05, 3.63) is 30.1 Å². The molecule has 0 aliphatic carbocycles. The van der Waals surface area contributed by atoms with Crippen LogP contribution in [0.3, 0.4) is 0 Å². The fourth-order valence-electron chi connectivity index (χ4n) is 1.42. The number of unbranched alkanes of at least 4 members (excludes halogenated alkanes) is 1. The van der Waals surface area contributed by atoms with E-state index in [0.29, 0.717) is 31.5 Å². The zero-order valence-electron chi connectivity index (χ0n) is 10.4. The van der Waals surface area contributed by atoms with Gasteiger partial charge in [-0.05, 0) is 31.0 Å². The molecule has 0 radical (unpaired) electrons. The Kier molecular flexibility index (Phi) is 6.14. The van der Waals surface area contributed by atoms with Crippen LogP contribution in [0.15, 0.2) is 29.4 Å². The Hall–Kier alpha value is -2.31. The minimum atomic E-state index is -0.406. The number of halogens is 1. The molecule has 2 amide bonds. The molecule has 0 fully saturated rings. The molecule has 0 heterocycles. The number of carbonyl (C=O) groups is 1. The van der Waals surface area contributed by atoms with E-state index < -0.39 is 11.8 Å². The van der Waals surface area contributed by atoms with Crippen LogP contribution < -0.4 is 16.4 Å². The van der Waals surface area contributed by atoms with E-state index in [-0.39, 0.29) is 5.84 Å². The highest BCUT2D eigenvalue weighted by molar-refractivity contribution is 5.89. The average molecular weight is 268 g/mol. The van der Waals surface area contributed by atoms with Crippen LogP contribution in [0.4, 0.5) is 14.9 Å². The van der Waals surface area contributed by atoms with Crippen LogP contribution >= 0.6 is 0 Å². The molecule has 7 heteroatoms. The van der Waals surface area contributed by atoms with Gasteiger partial charge >= 0.3 is 6.03 Å². The summed E-state index contributed by atoms with van der Waals surface area (Å²) in [4.78, 5) is 11.4. The topological polar surface area (TPSA) is 99.7 Å². The summed E-state index contributed by atoms with van der Waals surface area (Å²) in [6.07, 6.45) is 1.88. The van der Waals surface area contributed by atoms with Gasteiger partial charge in [0.1, 0.15) is 11.7 Å². The molecule has 19 heavy (non-hydrogen) atoms. The smallest absolute Gasteiger partial charge is 0.319 e. The predicted octanol–water partition coefficient (Wildman–Crippen LogP) is 1.86. The minimum absolute atomic E-state index is 0.171. The summed E-state index contributed by atoms with van der Waals surface area (Å²) in [5, 5.41) is 16.3. The maximum Gasteiger partial charge on any atom is 0.319 e. The Labute approximate surface area is 110 Å². The number of amides is 2. The van der Waals surface area contributed by atoms with Gasteiger partial charge in [0.2, 0.25) is 0 Å². The predicted molar refractivity (Wildman–Crippen MR) is 70.7 cm³/mol. The summed E-state index contributed by atoms with van der Waals surface area (Å²) in [6.45, 7) is 0.458. The third-order valence-corrected chi connectivity index (χ3v) is 2.36. The number of nitrogens with two attached hydrogens (primary N) is 1. The van der Waals surface area contributed by atoms with Gasteiger partial charge in [0.15, 0.2) is 0 Å². The van der Waals surface area contributed by atoms with Gasteiger partial charge in [0, 0.05) is 18.7 Å². The van der Waals surface area contributed by atoms with Crippen molar-refractivity contribution >= 4 is 17.6 Å². The lowest BCUT2D eigenvalue weighted by molar-refractivity contribution is 0.252. The van der Waals surface area contributed by atoms with Crippen molar-refractivity contribution in [1.29, 1.82) is 0 Å². The van der Waals surface area contributed by atoms with Gasteiger partial charge in [-0.1, -0.05) is 11.2 Å². The summed E-state index contributed by atoms with van der Waals surface area (Å²) >= 11 is 0. The summed E-state index contributed by atoms with van der Waals surface area (Å²) in [6, 6.07) is 5.26. The normalized spacial score (nSPS) is 11.1. The molecule has 0 bridgehead atoms. The molecule has 1 aromatic rings. The third kappa shape index (κ3) is 6.25. The second-order valence-electron chi connectivity index (χ2n) is 3.94. The first kappa shape index (κ1) is 14.7. The van der Waals surface area contributed by atoms with Crippen molar-refractivity contribution in [3.63, 3.8) is 0 Å². The quantitative estimate of drug-likeness (QED) is 0.208. The van der Waals surface area contributed by atoms with Crippen molar-refractivity contribution in [3.8, 4) is 0 Å². The molecule has 0 spiro atoms. The number of oxime groups is 1. The van der Waals surface area contributed by atoms with Crippen LogP contribution in [-0.2, 0) is 0 Å². The van der Waals surface area contributed by atoms with Crippen LogP contribution in [0.25, 0.3) is 0 Å². The third-order valence-electron chi connectivity index (χ3n) is 2.36. The highest BCUT2D eigenvalue weighted by Crippen LogP contribution is 2.08. The van der Waals surface area contributed by atoms with Crippen LogP contribution in [0, 0.1) is 5.82 Å². The van der Waals surface area contributed by atoms with Crippen molar-refractivity contribution in [2.75, 3.05) is 11.9 Å². The molecule has 104 valence electrons. The molecule has 0 aromatic heterocycles. The van der Waals surface area contributed by atoms with Crippen LogP contribution in [0.5, 0.6) is 0 Å². The molecule has 0 aliphatic rings. The number of carbonyl (C=O) groups excluding carboxylic acids is 1. The highest BCUT2D eigenvalue weighted by Gasteiger charge is 2.01. The molecule has 1 aromatic carbocycles. The highest BCUT2D eigenvalue weighted by atomic mass is 19.1. The lowest BCUT2D eigenvalue weighted by atomic mass is 10.2. The molecule has 0 saturated carbocycles. The van der Waals surface area contributed by atoms with E-state index >= 15 is 0 Å². The number of benzene rings is 1. The van der Waals surface area contributed by atoms with E-state index in [1.165, 1.54) is 18.2 Å². The fraction of sp³-hybridized carbons (Fsp3) is 0.333. The molecule has 6 nitrogen and oxygen atoms in total. The summed E-state index contributed by atoms with van der Waals surface area (Å²) < 4.78 is 12.9. The van der Waals surface area contributed by atoms with E-state index in [1.54, 1.807) is 6.07 Å². The second-order valence-corrected chi connectivity index (χ2v) is 3.94. The maximum absolute atomic E-state index is 12.9. The SMILES string of the molecule is NC(CCCCNC(=O)Nc1cccc(F)c1)=NO. The van der Waals surface area contributed by atoms with Crippen molar-refractivity contribution < 1.29 is 14.4 Å². The Balaban J connectivity index is 2.18. The maximum atomic E-state index is 12.9. The van der Waals surface area contributed by atoms with Crippen molar-refractivity contribution in [2.24, 2.45) is 10.9 Å². The number of hydrogen-bond donors (Lipinski definition) is 4. The van der Waals surface area contributed by atoms with Crippen LogP contribution in [0.2, 0.25) is 0 Å². The summed E-state index contributed by atoms with van der Waals surface area (Å²) in [5.74, 6) is -0.235. The van der Waals surface area contributed by atoms with Gasteiger partial charge in [0.05, 0.1) is 0 Å². The number of amidine groups is 1. The largest absolute Gasteiger partial charge is 0.409 e. The standard InChI is InChI=1S/C12H17FN4O2/c13-9-4-3-5-10(8-9)16-12(18)15-7-2-1-6-11(14)17-19/h3-5,8,19H,1-2,6-7H2,(H2,14,17)(H2,15,16,18). The molecular formula is C12H17FN4O2. The summed E-state index contributed by atoms with van der Waals surface area (Å²) in [7, 11) is 0.